The molecule has 0 heterocycles. The van der Waals surface area contributed by atoms with Gasteiger partial charge in [0.25, 0.3) is 0 Å². The Bertz CT molecular complexity index is 438. The Kier molecular flexibility index (Phi) is 3.71. The fourth-order valence-electron chi connectivity index (χ4n) is 2.46. The van der Waals surface area contributed by atoms with Crippen molar-refractivity contribution >= 4 is 0 Å². The molecule has 1 aromatic rings. The van der Waals surface area contributed by atoms with Crippen LogP contribution in [0.25, 0.3) is 0 Å². The second-order valence-corrected chi connectivity index (χ2v) is 5.89. The van der Waals surface area contributed by atoms with Crippen LogP contribution in [0, 0.1) is 24.0 Å². The number of halogens is 2. The predicted molar refractivity (Wildman–Crippen MR) is 69.5 cm³/mol. The van der Waals surface area contributed by atoms with Crippen LogP contribution in [0.4, 0.5) is 8.78 Å². The van der Waals surface area contributed by atoms with E-state index < -0.39 is 0 Å². The smallest absolute Gasteiger partial charge is 0.128 e. The lowest BCUT2D eigenvalue weighted by atomic mass is 9.70. The zero-order chi connectivity index (χ0) is 13.3. The monoisotopic (exact) mass is 253 g/mol. The number of benzene rings is 1. The molecular formula is C15H21F2N. The molecule has 100 valence electrons. The van der Waals surface area contributed by atoms with E-state index in [2.05, 4.69) is 12.2 Å². The van der Waals surface area contributed by atoms with Crippen LogP contribution >= 0.6 is 0 Å². The molecule has 0 saturated heterocycles. The van der Waals surface area contributed by atoms with Crippen LogP contribution in [0.1, 0.15) is 50.3 Å². The van der Waals surface area contributed by atoms with Crippen molar-refractivity contribution in [2.75, 3.05) is 6.54 Å². The molecule has 0 bridgehead atoms. The molecule has 1 N–H and O–H groups in total. The first-order chi connectivity index (χ1) is 8.41. The molecule has 18 heavy (non-hydrogen) atoms. The van der Waals surface area contributed by atoms with Crippen molar-refractivity contribution in [3.05, 3.63) is 34.9 Å². The number of aryl methyl sites for hydroxylation is 1. The summed E-state index contributed by atoms with van der Waals surface area (Å²) in [5, 5.41) is 3.32. The molecule has 2 rings (SSSR count). The lowest BCUT2D eigenvalue weighted by Gasteiger charge is -2.39. The van der Waals surface area contributed by atoms with Crippen molar-refractivity contribution in [2.45, 2.75) is 46.1 Å². The van der Waals surface area contributed by atoms with E-state index in [1.807, 2.05) is 6.92 Å². The van der Waals surface area contributed by atoms with Crippen LogP contribution in [0.2, 0.25) is 0 Å². The van der Waals surface area contributed by atoms with Gasteiger partial charge in [-0.3, -0.25) is 0 Å². The maximum absolute atomic E-state index is 13.8. The van der Waals surface area contributed by atoms with Crippen LogP contribution in [-0.2, 0) is 0 Å². The van der Waals surface area contributed by atoms with Gasteiger partial charge >= 0.3 is 0 Å². The van der Waals surface area contributed by atoms with Crippen molar-refractivity contribution in [3.8, 4) is 0 Å². The molecule has 1 aromatic carbocycles. The third kappa shape index (κ3) is 2.72. The highest BCUT2D eigenvalue weighted by molar-refractivity contribution is 5.27. The van der Waals surface area contributed by atoms with E-state index in [-0.39, 0.29) is 17.7 Å². The van der Waals surface area contributed by atoms with E-state index in [1.165, 1.54) is 31.4 Å². The molecule has 3 heteroatoms. The fraction of sp³-hybridized carbons (Fsp3) is 0.600. The first kappa shape index (κ1) is 13.5. The summed E-state index contributed by atoms with van der Waals surface area (Å²) in [5.74, 6) is -0.664. The molecule has 0 radical (unpaired) electrons. The van der Waals surface area contributed by atoms with Gasteiger partial charge in [-0.15, -0.1) is 0 Å². The van der Waals surface area contributed by atoms with Gasteiger partial charge in [-0.2, -0.15) is 0 Å². The minimum atomic E-state index is -0.338. The van der Waals surface area contributed by atoms with Gasteiger partial charge in [0.05, 0.1) is 0 Å². The van der Waals surface area contributed by atoms with Crippen molar-refractivity contribution < 1.29 is 8.78 Å². The van der Waals surface area contributed by atoms with Gasteiger partial charge in [0, 0.05) is 18.2 Å². The van der Waals surface area contributed by atoms with Gasteiger partial charge in [0.2, 0.25) is 0 Å². The van der Waals surface area contributed by atoms with E-state index in [1.54, 1.807) is 6.92 Å². The quantitative estimate of drug-likeness (QED) is 0.851. The Balaban J connectivity index is 2.04. The van der Waals surface area contributed by atoms with Gasteiger partial charge in [0.1, 0.15) is 11.6 Å². The Hall–Kier alpha value is -0.960. The average molecular weight is 253 g/mol. The van der Waals surface area contributed by atoms with E-state index in [4.69, 9.17) is 0 Å². The molecule has 1 aliphatic rings. The fourth-order valence-corrected chi connectivity index (χ4v) is 2.46. The summed E-state index contributed by atoms with van der Waals surface area (Å²) in [5.41, 5.74) is 1.11. The second-order valence-electron chi connectivity index (χ2n) is 5.89. The third-order valence-corrected chi connectivity index (χ3v) is 4.14. The third-order valence-electron chi connectivity index (χ3n) is 4.14. The Morgan fingerprint density at radius 2 is 1.94 bits per heavy atom. The average Bonchev–Trinajstić information content (AvgIpc) is 2.28. The highest BCUT2D eigenvalue weighted by Gasteiger charge is 2.31. The minimum absolute atomic E-state index is 0.155. The summed E-state index contributed by atoms with van der Waals surface area (Å²) in [6, 6.07) is 2.43. The lowest BCUT2D eigenvalue weighted by molar-refractivity contribution is 0.151. The van der Waals surface area contributed by atoms with Crippen LogP contribution in [0.15, 0.2) is 12.1 Å². The van der Waals surface area contributed by atoms with Gasteiger partial charge in [-0.1, -0.05) is 13.3 Å². The zero-order valence-electron chi connectivity index (χ0n) is 11.3. The summed E-state index contributed by atoms with van der Waals surface area (Å²) in [6.45, 7) is 6.57. The number of hydrogen-bond donors (Lipinski definition) is 1. The van der Waals surface area contributed by atoms with Gasteiger partial charge in [-0.25, -0.2) is 8.78 Å². The topological polar surface area (TPSA) is 12.0 Å². The molecule has 0 aromatic heterocycles. The maximum atomic E-state index is 13.8. The van der Waals surface area contributed by atoms with Gasteiger partial charge in [0.15, 0.2) is 0 Å². The summed E-state index contributed by atoms with van der Waals surface area (Å²) < 4.78 is 27.3. The largest absolute Gasteiger partial charge is 0.310 e. The lowest BCUT2D eigenvalue weighted by Crippen LogP contribution is -2.38. The van der Waals surface area contributed by atoms with Crippen molar-refractivity contribution in [3.63, 3.8) is 0 Å². The molecule has 1 nitrogen and oxygen atoms in total. The molecule has 1 atom stereocenters. The van der Waals surface area contributed by atoms with Crippen LogP contribution in [0.3, 0.4) is 0 Å². The first-order valence-corrected chi connectivity index (χ1v) is 6.60. The van der Waals surface area contributed by atoms with Crippen LogP contribution in [-0.4, -0.2) is 6.54 Å². The number of hydrogen-bond acceptors (Lipinski definition) is 1. The summed E-state index contributed by atoms with van der Waals surface area (Å²) in [7, 11) is 0. The van der Waals surface area contributed by atoms with Crippen molar-refractivity contribution in [1.82, 2.24) is 5.32 Å². The second kappa shape index (κ2) is 4.96. The highest BCUT2D eigenvalue weighted by Crippen LogP contribution is 2.39. The summed E-state index contributed by atoms with van der Waals surface area (Å²) in [4.78, 5) is 0. The number of nitrogens with one attached hydrogen (secondary N) is 1. The summed E-state index contributed by atoms with van der Waals surface area (Å²) >= 11 is 0. The molecule has 0 spiro atoms. The Labute approximate surface area is 108 Å². The van der Waals surface area contributed by atoms with Gasteiger partial charge in [-0.05, 0) is 49.8 Å². The van der Waals surface area contributed by atoms with Crippen molar-refractivity contribution in [2.24, 2.45) is 5.41 Å². The molecule has 1 fully saturated rings. The number of rotatable bonds is 4. The Morgan fingerprint density at radius 1 is 1.28 bits per heavy atom. The molecular weight excluding hydrogens is 232 g/mol. The van der Waals surface area contributed by atoms with Crippen LogP contribution in [0.5, 0.6) is 0 Å². The molecule has 1 saturated carbocycles. The zero-order valence-corrected chi connectivity index (χ0v) is 11.3. The summed E-state index contributed by atoms with van der Waals surface area (Å²) in [6.07, 6.45) is 3.72. The normalized spacial score (nSPS) is 19.4. The predicted octanol–water partition coefficient (Wildman–Crippen LogP) is 4.11. The van der Waals surface area contributed by atoms with E-state index in [9.17, 15) is 8.78 Å². The highest BCUT2D eigenvalue weighted by atomic mass is 19.1. The maximum Gasteiger partial charge on any atom is 0.128 e. The van der Waals surface area contributed by atoms with E-state index >= 15 is 0 Å². The minimum Gasteiger partial charge on any atom is -0.310 e. The molecule has 1 unspecified atom stereocenters. The van der Waals surface area contributed by atoms with Gasteiger partial charge < -0.3 is 5.32 Å². The molecule has 0 aliphatic heterocycles. The van der Waals surface area contributed by atoms with E-state index in [0.29, 0.717) is 16.5 Å². The molecule has 1 aliphatic carbocycles. The van der Waals surface area contributed by atoms with Crippen molar-refractivity contribution in [1.29, 1.82) is 0 Å². The standard InChI is InChI=1S/C15H21F2N/c1-10-7-14(17)12(8-13(10)16)11(2)18-9-15(3)5-4-6-15/h7-8,11,18H,4-6,9H2,1-3H3. The molecule has 0 amide bonds. The Morgan fingerprint density at radius 3 is 2.50 bits per heavy atom. The van der Waals surface area contributed by atoms with Crippen LogP contribution < -0.4 is 5.32 Å². The SMILES string of the molecule is Cc1cc(F)c(C(C)NCC2(C)CCC2)cc1F. The first-order valence-electron chi connectivity index (χ1n) is 6.60. The van der Waals surface area contributed by atoms with E-state index in [0.717, 1.165) is 6.54 Å².